The van der Waals surface area contributed by atoms with Gasteiger partial charge in [-0.05, 0) is 76.7 Å². The molecule has 1 amide bonds. The quantitative estimate of drug-likeness (QED) is 0.766. The van der Waals surface area contributed by atoms with E-state index in [4.69, 9.17) is 0 Å². The van der Waals surface area contributed by atoms with E-state index in [-0.39, 0.29) is 5.91 Å². The summed E-state index contributed by atoms with van der Waals surface area (Å²) in [6, 6.07) is 11.8. The number of anilines is 1. The van der Waals surface area contributed by atoms with Gasteiger partial charge in [-0.25, -0.2) is 0 Å². The molecule has 0 saturated heterocycles. The Morgan fingerprint density at radius 3 is 2.65 bits per heavy atom. The Hall–Kier alpha value is -1.13. The minimum absolute atomic E-state index is 0.101. The van der Waals surface area contributed by atoms with Gasteiger partial charge < -0.3 is 5.32 Å². The van der Waals surface area contributed by atoms with Crippen molar-refractivity contribution in [1.82, 2.24) is 0 Å². The first-order chi connectivity index (χ1) is 9.63. The maximum absolute atomic E-state index is 12.3. The van der Waals surface area contributed by atoms with Gasteiger partial charge in [0.2, 0.25) is 0 Å². The molecule has 3 rings (SSSR count). The Kier molecular flexibility index (Phi) is 3.94. The van der Waals surface area contributed by atoms with Gasteiger partial charge in [-0.3, -0.25) is 4.79 Å². The predicted octanol–water partition coefficient (Wildman–Crippen LogP) is 4.95. The van der Waals surface area contributed by atoms with Crippen molar-refractivity contribution in [2.24, 2.45) is 0 Å². The number of carbonyl (C=O) groups excluding carboxylic acids is 1. The molecule has 0 atom stereocenters. The van der Waals surface area contributed by atoms with Crippen molar-refractivity contribution in [2.45, 2.75) is 19.3 Å². The van der Waals surface area contributed by atoms with Gasteiger partial charge in [0.25, 0.3) is 5.91 Å². The summed E-state index contributed by atoms with van der Waals surface area (Å²) in [4.78, 5) is 12.3. The van der Waals surface area contributed by atoms with Crippen molar-refractivity contribution in [1.29, 1.82) is 0 Å². The largest absolute Gasteiger partial charge is 0.322 e. The van der Waals surface area contributed by atoms with Crippen molar-refractivity contribution >= 4 is 43.5 Å². The first-order valence-electron chi connectivity index (χ1n) is 6.52. The molecule has 0 heterocycles. The predicted molar refractivity (Wildman–Crippen MR) is 88.3 cm³/mol. The third-order valence-electron chi connectivity index (χ3n) is 3.53. The fourth-order valence-electron chi connectivity index (χ4n) is 2.52. The standard InChI is InChI=1S/C16H13Br2NO/c17-12-5-7-15(18)14(9-12)16(20)19-13-6-4-10-2-1-3-11(10)8-13/h4-9H,1-3H2,(H,19,20). The van der Waals surface area contributed by atoms with Crippen molar-refractivity contribution in [2.75, 3.05) is 5.32 Å². The first kappa shape index (κ1) is 13.8. The van der Waals surface area contributed by atoms with E-state index in [1.54, 1.807) is 0 Å². The van der Waals surface area contributed by atoms with E-state index in [1.807, 2.05) is 24.3 Å². The van der Waals surface area contributed by atoms with E-state index in [2.05, 4.69) is 49.3 Å². The molecule has 0 aliphatic heterocycles. The third kappa shape index (κ3) is 2.81. The summed E-state index contributed by atoms with van der Waals surface area (Å²) in [6.07, 6.45) is 3.48. The lowest BCUT2D eigenvalue weighted by Crippen LogP contribution is -2.12. The zero-order valence-corrected chi connectivity index (χ0v) is 13.9. The monoisotopic (exact) mass is 393 g/mol. The molecule has 0 aromatic heterocycles. The lowest BCUT2D eigenvalue weighted by molar-refractivity contribution is 0.102. The van der Waals surface area contributed by atoms with Gasteiger partial charge in [0.15, 0.2) is 0 Å². The van der Waals surface area contributed by atoms with Crippen LogP contribution in [0.2, 0.25) is 0 Å². The topological polar surface area (TPSA) is 29.1 Å². The number of amides is 1. The second-order valence-electron chi connectivity index (χ2n) is 4.92. The average molecular weight is 395 g/mol. The molecule has 0 radical (unpaired) electrons. The molecule has 1 aliphatic rings. The van der Waals surface area contributed by atoms with Crippen LogP contribution in [0, 0.1) is 0 Å². The fourth-order valence-corrected chi connectivity index (χ4v) is 3.31. The number of halogens is 2. The number of hydrogen-bond donors (Lipinski definition) is 1. The smallest absolute Gasteiger partial charge is 0.256 e. The van der Waals surface area contributed by atoms with Crippen LogP contribution in [0.3, 0.4) is 0 Å². The summed E-state index contributed by atoms with van der Waals surface area (Å²) >= 11 is 6.80. The zero-order valence-electron chi connectivity index (χ0n) is 10.7. The first-order valence-corrected chi connectivity index (χ1v) is 8.10. The zero-order chi connectivity index (χ0) is 14.1. The van der Waals surface area contributed by atoms with Crippen LogP contribution < -0.4 is 5.32 Å². The highest BCUT2D eigenvalue weighted by Gasteiger charge is 2.14. The highest BCUT2D eigenvalue weighted by molar-refractivity contribution is 9.11. The molecule has 1 N–H and O–H groups in total. The minimum Gasteiger partial charge on any atom is -0.322 e. The molecular weight excluding hydrogens is 382 g/mol. The SMILES string of the molecule is O=C(Nc1ccc2c(c1)CCC2)c1cc(Br)ccc1Br. The normalized spacial score (nSPS) is 13.1. The molecule has 2 nitrogen and oxygen atoms in total. The molecule has 2 aromatic carbocycles. The van der Waals surface area contributed by atoms with E-state index < -0.39 is 0 Å². The highest BCUT2D eigenvalue weighted by Crippen LogP contribution is 2.26. The molecule has 0 saturated carbocycles. The van der Waals surface area contributed by atoms with Crippen LogP contribution in [0.25, 0.3) is 0 Å². The van der Waals surface area contributed by atoms with Crippen LogP contribution in [-0.4, -0.2) is 5.91 Å². The van der Waals surface area contributed by atoms with Crippen LogP contribution >= 0.6 is 31.9 Å². The molecule has 2 aromatic rings. The Morgan fingerprint density at radius 2 is 1.80 bits per heavy atom. The molecule has 1 aliphatic carbocycles. The van der Waals surface area contributed by atoms with E-state index in [0.29, 0.717) is 5.56 Å². The molecule has 0 spiro atoms. The second kappa shape index (κ2) is 5.70. The number of aryl methyl sites for hydroxylation is 2. The van der Waals surface area contributed by atoms with Gasteiger partial charge in [0.1, 0.15) is 0 Å². The van der Waals surface area contributed by atoms with E-state index in [0.717, 1.165) is 27.5 Å². The van der Waals surface area contributed by atoms with Crippen LogP contribution in [0.5, 0.6) is 0 Å². The number of hydrogen-bond acceptors (Lipinski definition) is 1. The third-order valence-corrected chi connectivity index (χ3v) is 4.71. The van der Waals surface area contributed by atoms with Crippen molar-refractivity contribution < 1.29 is 4.79 Å². The summed E-state index contributed by atoms with van der Waals surface area (Å²) in [5.41, 5.74) is 4.25. The van der Waals surface area contributed by atoms with Crippen LogP contribution in [0.1, 0.15) is 27.9 Å². The van der Waals surface area contributed by atoms with Gasteiger partial charge in [-0.1, -0.05) is 22.0 Å². The maximum Gasteiger partial charge on any atom is 0.256 e. The second-order valence-corrected chi connectivity index (χ2v) is 6.69. The summed E-state index contributed by atoms with van der Waals surface area (Å²) in [5.74, 6) is -0.101. The fraction of sp³-hybridized carbons (Fsp3) is 0.188. The number of benzene rings is 2. The van der Waals surface area contributed by atoms with Gasteiger partial charge in [-0.15, -0.1) is 0 Å². The van der Waals surface area contributed by atoms with Crippen molar-refractivity contribution in [3.05, 3.63) is 62.0 Å². The number of carbonyl (C=O) groups is 1. The summed E-state index contributed by atoms with van der Waals surface area (Å²) in [7, 11) is 0. The minimum atomic E-state index is -0.101. The lowest BCUT2D eigenvalue weighted by Gasteiger charge is -2.09. The van der Waals surface area contributed by atoms with E-state index in [1.165, 1.54) is 17.5 Å². The van der Waals surface area contributed by atoms with Gasteiger partial charge >= 0.3 is 0 Å². The van der Waals surface area contributed by atoms with Crippen molar-refractivity contribution in [3.8, 4) is 0 Å². The number of fused-ring (bicyclic) bond motifs is 1. The van der Waals surface area contributed by atoms with Crippen LogP contribution in [0.15, 0.2) is 45.3 Å². The molecule has 0 unspecified atom stereocenters. The van der Waals surface area contributed by atoms with Gasteiger partial charge in [0, 0.05) is 14.6 Å². The maximum atomic E-state index is 12.3. The van der Waals surface area contributed by atoms with Gasteiger partial charge in [0.05, 0.1) is 5.56 Å². The summed E-state index contributed by atoms with van der Waals surface area (Å²) in [5, 5.41) is 2.97. The highest BCUT2D eigenvalue weighted by atomic mass is 79.9. The van der Waals surface area contributed by atoms with E-state index >= 15 is 0 Å². The Labute approximate surface area is 134 Å². The Morgan fingerprint density at radius 1 is 1.00 bits per heavy atom. The van der Waals surface area contributed by atoms with Gasteiger partial charge in [-0.2, -0.15) is 0 Å². The van der Waals surface area contributed by atoms with E-state index in [9.17, 15) is 4.79 Å². The van der Waals surface area contributed by atoms with Crippen molar-refractivity contribution in [3.63, 3.8) is 0 Å². The Bertz CT molecular complexity index is 682. The Balaban J connectivity index is 1.84. The van der Waals surface area contributed by atoms with Crippen LogP contribution in [0.4, 0.5) is 5.69 Å². The number of rotatable bonds is 2. The summed E-state index contributed by atoms with van der Waals surface area (Å²) in [6.45, 7) is 0. The lowest BCUT2D eigenvalue weighted by atomic mass is 10.1. The van der Waals surface area contributed by atoms with Crippen LogP contribution in [-0.2, 0) is 12.8 Å². The molecule has 0 bridgehead atoms. The molecular formula is C16H13Br2NO. The molecule has 20 heavy (non-hydrogen) atoms. The number of nitrogens with one attached hydrogen (secondary N) is 1. The summed E-state index contributed by atoms with van der Waals surface area (Å²) < 4.78 is 1.68. The molecule has 102 valence electrons. The average Bonchev–Trinajstić information content (AvgIpc) is 2.89. The molecule has 0 fully saturated rings. The molecule has 4 heteroatoms.